The van der Waals surface area contributed by atoms with Crippen LogP contribution in [0, 0.1) is 6.92 Å². The number of hydrogen-bond acceptors (Lipinski definition) is 4. The van der Waals surface area contributed by atoms with Crippen molar-refractivity contribution in [2.45, 2.75) is 45.2 Å². The topological polar surface area (TPSA) is 76.2 Å². The number of carbonyl (C=O) groups is 1. The molecule has 4 rings (SSSR count). The van der Waals surface area contributed by atoms with Crippen molar-refractivity contribution in [1.29, 1.82) is 0 Å². The molecule has 28 heavy (non-hydrogen) atoms. The minimum Gasteiger partial charge on any atom is -0.444 e. The van der Waals surface area contributed by atoms with Gasteiger partial charge in [-0.2, -0.15) is 0 Å². The van der Waals surface area contributed by atoms with Gasteiger partial charge >= 0.3 is 6.03 Å². The number of rotatable bonds is 5. The monoisotopic (exact) mass is 379 g/mol. The van der Waals surface area contributed by atoms with E-state index in [-0.39, 0.29) is 12.1 Å². The maximum absolute atomic E-state index is 13.0. The molecule has 1 aliphatic heterocycles. The van der Waals surface area contributed by atoms with Crippen LogP contribution in [0.5, 0.6) is 0 Å². The number of imidazole rings is 1. The Morgan fingerprint density at radius 3 is 3.07 bits per heavy atom. The molecule has 7 nitrogen and oxygen atoms in total. The van der Waals surface area contributed by atoms with Crippen molar-refractivity contribution in [2.24, 2.45) is 0 Å². The third kappa shape index (κ3) is 4.08. The van der Waals surface area contributed by atoms with Crippen LogP contribution in [0.15, 0.2) is 53.7 Å². The molecular formula is C21H25N5O2. The van der Waals surface area contributed by atoms with Crippen molar-refractivity contribution in [1.82, 2.24) is 19.4 Å². The number of anilines is 1. The molecule has 1 N–H and O–H groups in total. The van der Waals surface area contributed by atoms with Gasteiger partial charge in [0.2, 0.25) is 0 Å². The molecule has 0 bridgehead atoms. The van der Waals surface area contributed by atoms with Gasteiger partial charge in [0, 0.05) is 42.8 Å². The first kappa shape index (κ1) is 18.3. The minimum atomic E-state index is -0.0400. The van der Waals surface area contributed by atoms with Gasteiger partial charge in [-0.1, -0.05) is 12.1 Å². The van der Waals surface area contributed by atoms with Crippen LogP contribution < -0.4 is 5.32 Å². The van der Waals surface area contributed by atoms with Crippen LogP contribution in [0.2, 0.25) is 0 Å². The Kier molecular flexibility index (Phi) is 5.41. The number of piperidine rings is 1. The van der Waals surface area contributed by atoms with Crippen molar-refractivity contribution < 1.29 is 9.21 Å². The molecule has 3 heterocycles. The minimum absolute atomic E-state index is 0.0400. The summed E-state index contributed by atoms with van der Waals surface area (Å²) in [6.45, 7) is 3.68. The highest BCUT2D eigenvalue weighted by atomic mass is 16.3. The number of likely N-dealkylation sites (tertiary alicyclic amines) is 1. The quantitative estimate of drug-likeness (QED) is 0.716. The van der Waals surface area contributed by atoms with Gasteiger partial charge in [0.15, 0.2) is 12.2 Å². The molecule has 0 saturated carbocycles. The zero-order chi connectivity index (χ0) is 19.3. The Labute approximate surface area is 164 Å². The number of carbonyl (C=O) groups excluding carboxylic acids is 1. The number of urea groups is 1. The summed E-state index contributed by atoms with van der Waals surface area (Å²) >= 11 is 0. The highest BCUT2D eigenvalue weighted by Gasteiger charge is 2.26. The lowest BCUT2D eigenvalue weighted by Crippen LogP contribution is -2.46. The number of amides is 2. The molecule has 0 aliphatic carbocycles. The summed E-state index contributed by atoms with van der Waals surface area (Å²) in [5.74, 6) is 1.69. The smallest absolute Gasteiger partial charge is 0.322 e. The lowest BCUT2D eigenvalue weighted by atomic mass is 9.99. The van der Waals surface area contributed by atoms with E-state index in [9.17, 15) is 4.79 Å². The fraction of sp³-hybridized carbons (Fsp3) is 0.381. The van der Waals surface area contributed by atoms with Gasteiger partial charge in [-0.15, -0.1) is 0 Å². The number of oxazole rings is 1. The van der Waals surface area contributed by atoms with Crippen molar-refractivity contribution in [3.8, 4) is 11.3 Å². The molecule has 1 fully saturated rings. The molecule has 0 radical (unpaired) electrons. The molecule has 1 aromatic carbocycles. The summed E-state index contributed by atoms with van der Waals surface area (Å²) in [6.07, 6.45) is 11.1. The van der Waals surface area contributed by atoms with E-state index in [1.165, 1.54) is 12.8 Å². The number of nitrogens with zero attached hydrogens (tertiary/aromatic N) is 4. The lowest BCUT2D eigenvalue weighted by molar-refractivity contribution is 0.155. The van der Waals surface area contributed by atoms with Crippen LogP contribution in [0.25, 0.3) is 11.3 Å². The molecule has 1 saturated heterocycles. The second-order valence-corrected chi connectivity index (χ2v) is 7.18. The summed E-state index contributed by atoms with van der Waals surface area (Å²) in [5, 5.41) is 3.05. The van der Waals surface area contributed by atoms with E-state index in [0.29, 0.717) is 5.76 Å². The van der Waals surface area contributed by atoms with Crippen LogP contribution >= 0.6 is 0 Å². The van der Waals surface area contributed by atoms with E-state index < -0.39 is 0 Å². The highest BCUT2D eigenvalue weighted by molar-refractivity contribution is 5.90. The maximum atomic E-state index is 13.0. The molecule has 2 amide bonds. The lowest BCUT2D eigenvalue weighted by Gasteiger charge is -2.36. The van der Waals surface area contributed by atoms with E-state index in [1.54, 1.807) is 6.20 Å². The van der Waals surface area contributed by atoms with Gasteiger partial charge < -0.3 is 19.2 Å². The third-order valence-electron chi connectivity index (χ3n) is 5.35. The number of aryl methyl sites for hydroxylation is 2. The SMILES string of the molecule is Cc1nccn1CC[C@@H]1CCCCN1C(=O)Nc1cccc(-c2cnco2)c1. The zero-order valence-corrected chi connectivity index (χ0v) is 16.0. The third-order valence-corrected chi connectivity index (χ3v) is 5.35. The van der Waals surface area contributed by atoms with E-state index in [0.717, 1.165) is 49.4 Å². The summed E-state index contributed by atoms with van der Waals surface area (Å²) in [6, 6.07) is 7.85. The Balaban J connectivity index is 1.42. The second kappa shape index (κ2) is 8.29. The summed E-state index contributed by atoms with van der Waals surface area (Å²) in [4.78, 5) is 23.2. The number of benzene rings is 1. The van der Waals surface area contributed by atoms with Crippen molar-refractivity contribution in [3.05, 3.63) is 55.1 Å². The highest BCUT2D eigenvalue weighted by Crippen LogP contribution is 2.24. The van der Waals surface area contributed by atoms with Gasteiger partial charge in [-0.25, -0.2) is 14.8 Å². The van der Waals surface area contributed by atoms with Crippen LogP contribution in [0.3, 0.4) is 0 Å². The Hall–Kier alpha value is -3.09. The molecule has 0 spiro atoms. The normalized spacial score (nSPS) is 16.9. The summed E-state index contributed by atoms with van der Waals surface area (Å²) in [7, 11) is 0. The van der Waals surface area contributed by atoms with E-state index in [1.807, 2.05) is 48.5 Å². The van der Waals surface area contributed by atoms with E-state index in [2.05, 4.69) is 19.9 Å². The number of nitrogens with one attached hydrogen (secondary N) is 1. The van der Waals surface area contributed by atoms with Gasteiger partial charge in [-0.05, 0) is 44.7 Å². The Bertz CT molecular complexity index is 919. The van der Waals surface area contributed by atoms with Crippen molar-refractivity contribution >= 4 is 11.7 Å². The molecule has 3 aromatic rings. The summed E-state index contributed by atoms with van der Waals surface area (Å²) in [5.41, 5.74) is 1.65. The first-order chi connectivity index (χ1) is 13.7. The fourth-order valence-corrected chi connectivity index (χ4v) is 3.80. The Morgan fingerprint density at radius 2 is 2.29 bits per heavy atom. The van der Waals surface area contributed by atoms with E-state index >= 15 is 0 Å². The Morgan fingerprint density at radius 1 is 1.36 bits per heavy atom. The van der Waals surface area contributed by atoms with Gasteiger partial charge in [0.25, 0.3) is 0 Å². The number of hydrogen-bond donors (Lipinski definition) is 1. The maximum Gasteiger partial charge on any atom is 0.322 e. The van der Waals surface area contributed by atoms with Gasteiger partial charge in [0.1, 0.15) is 5.82 Å². The molecular weight excluding hydrogens is 354 g/mol. The van der Waals surface area contributed by atoms with E-state index in [4.69, 9.17) is 4.42 Å². The van der Waals surface area contributed by atoms with Crippen molar-refractivity contribution in [3.63, 3.8) is 0 Å². The number of aromatic nitrogens is 3. The molecule has 7 heteroatoms. The molecule has 0 unspecified atom stereocenters. The average Bonchev–Trinajstić information content (AvgIpc) is 3.39. The molecule has 146 valence electrons. The first-order valence-corrected chi connectivity index (χ1v) is 9.75. The molecule has 1 aliphatic rings. The predicted molar refractivity (Wildman–Crippen MR) is 107 cm³/mol. The van der Waals surface area contributed by atoms with Crippen LogP contribution in [-0.4, -0.2) is 38.1 Å². The largest absolute Gasteiger partial charge is 0.444 e. The van der Waals surface area contributed by atoms with Crippen LogP contribution in [0.1, 0.15) is 31.5 Å². The summed E-state index contributed by atoms with van der Waals surface area (Å²) < 4.78 is 7.49. The van der Waals surface area contributed by atoms with Gasteiger partial charge in [-0.3, -0.25) is 0 Å². The van der Waals surface area contributed by atoms with Crippen LogP contribution in [0.4, 0.5) is 10.5 Å². The predicted octanol–water partition coefficient (Wildman–Crippen LogP) is 4.32. The van der Waals surface area contributed by atoms with Crippen molar-refractivity contribution in [2.75, 3.05) is 11.9 Å². The van der Waals surface area contributed by atoms with Crippen LogP contribution in [-0.2, 0) is 6.54 Å². The average molecular weight is 379 g/mol. The van der Waals surface area contributed by atoms with Gasteiger partial charge in [0.05, 0.1) is 6.20 Å². The standard InChI is InChI=1S/C21H25N5O2/c1-16-23-9-12-25(16)11-8-19-7-2-3-10-26(19)21(27)24-18-6-4-5-17(13-18)20-14-22-15-28-20/h4-6,9,12-15,19H,2-3,7-8,10-11H2,1H3,(H,24,27)/t19-/m0/s1. The fourth-order valence-electron chi connectivity index (χ4n) is 3.80. The zero-order valence-electron chi connectivity index (χ0n) is 16.0. The second-order valence-electron chi connectivity index (χ2n) is 7.18. The first-order valence-electron chi connectivity index (χ1n) is 9.75. The molecule has 1 atom stereocenters. The molecule has 2 aromatic heterocycles.